The van der Waals surface area contributed by atoms with Crippen molar-refractivity contribution >= 4 is 40.9 Å². The van der Waals surface area contributed by atoms with Crippen LogP contribution < -0.4 is 5.73 Å². The summed E-state index contributed by atoms with van der Waals surface area (Å²) < 4.78 is 10.3. The fraction of sp³-hybridized carbons (Fsp3) is 0.0625. The van der Waals surface area contributed by atoms with E-state index in [4.69, 9.17) is 39.2 Å². The van der Waals surface area contributed by atoms with Gasteiger partial charge in [0.2, 0.25) is 0 Å². The van der Waals surface area contributed by atoms with Crippen molar-refractivity contribution in [1.29, 1.82) is 5.26 Å². The largest absolute Gasteiger partial charge is 0.465 e. The summed E-state index contributed by atoms with van der Waals surface area (Å²) in [7, 11) is 1.28. The van der Waals surface area contributed by atoms with Gasteiger partial charge in [0.05, 0.1) is 23.3 Å². The van der Waals surface area contributed by atoms with Gasteiger partial charge < -0.3 is 14.9 Å². The highest BCUT2D eigenvalue weighted by atomic mass is 35.5. The number of methoxy groups -OCH3 is 1. The van der Waals surface area contributed by atoms with Gasteiger partial charge in [-0.15, -0.1) is 0 Å². The van der Waals surface area contributed by atoms with Crippen molar-refractivity contribution in [2.24, 2.45) is 5.73 Å². The van der Waals surface area contributed by atoms with Crippen LogP contribution in [0.3, 0.4) is 0 Å². The van der Waals surface area contributed by atoms with Crippen molar-refractivity contribution in [2.45, 2.75) is 0 Å². The van der Waals surface area contributed by atoms with Crippen LogP contribution in [0.25, 0.3) is 17.4 Å². The summed E-state index contributed by atoms with van der Waals surface area (Å²) in [5.74, 6) is 0.376. The van der Waals surface area contributed by atoms with Gasteiger partial charge in [0.15, 0.2) is 0 Å². The molecule has 0 spiro atoms. The molecule has 1 aromatic carbocycles. The average molecular weight is 347 g/mol. The molecule has 5 nitrogen and oxygen atoms in total. The lowest BCUT2D eigenvalue weighted by Crippen LogP contribution is -2.09. The molecule has 0 aliphatic heterocycles. The first-order chi connectivity index (χ1) is 11.0. The number of esters is 1. The maximum absolute atomic E-state index is 11.7. The van der Waals surface area contributed by atoms with Gasteiger partial charge >= 0.3 is 5.97 Å². The Morgan fingerprint density at radius 2 is 2.17 bits per heavy atom. The molecule has 1 aromatic heterocycles. The molecule has 0 aliphatic rings. The Morgan fingerprint density at radius 1 is 1.43 bits per heavy atom. The van der Waals surface area contributed by atoms with E-state index in [1.807, 2.05) is 6.07 Å². The highest BCUT2D eigenvalue weighted by molar-refractivity contribution is 7.80. The minimum atomic E-state index is -0.538. The zero-order valence-corrected chi connectivity index (χ0v) is 13.6. The molecule has 0 saturated carbocycles. The van der Waals surface area contributed by atoms with E-state index >= 15 is 0 Å². The molecular weight excluding hydrogens is 336 g/mol. The number of halogens is 1. The lowest BCUT2D eigenvalue weighted by Gasteiger charge is -2.04. The van der Waals surface area contributed by atoms with E-state index in [1.54, 1.807) is 30.3 Å². The zero-order valence-electron chi connectivity index (χ0n) is 12.0. The Kier molecular flexibility index (Phi) is 5.16. The van der Waals surface area contributed by atoms with Gasteiger partial charge in [0.1, 0.15) is 22.6 Å². The third kappa shape index (κ3) is 3.77. The number of rotatable bonds is 4. The molecule has 116 valence electrons. The molecule has 0 saturated heterocycles. The number of benzene rings is 1. The summed E-state index contributed by atoms with van der Waals surface area (Å²) in [6.45, 7) is 0. The third-order valence-electron chi connectivity index (χ3n) is 2.96. The maximum Gasteiger partial charge on any atom is 0.339 e. The van der Waals surface area contributed by atoms with Crippen LogP contribution in [-0.2, 0) is 4.74 Å². The second kappa shape index (κ2) is 7.09. The first-order valence-electron chi connectivity index (χ1n) is 6.36. The van der Waals surface area contributed by atoms with Crippen LogP contribution in [0.1, 0.15) is 16.1 Å². The number of nitrogens with two attached hydrogens (primary N) is 1. The SMILES string of the molecule is COC(=O)c1cc(-c2ccc(C=C(C#N)C(N)=S)o2)ccc1Cl. The Morgan fingerprint density at radius 3 is 2.78 bits per heavy atom. The van der Waals surface area contributed by atoms with Gasteiger partial charge in [-0.2, -0.15) is 5.26 Å². The number of thiocarbonyl (C=S) groups is 1. The fourth-order valence-corrected chi connectivity index (χ4v) is 2.13. The highest BCUT2D eigenvalue weighted by Crippen LogP contribution is 2.28. The van der Waals surface area contributed by atoms with Crippen LogP contribution in [-0.4, -0.2) is 18.1 Å². The van der Waals surface area contributed by atoms with Crippen LogP contribution in [0.4, 0.5) is 0 Å². The Hall–Kier alpha value is -2.62. The number of ether oxygens (including phenoxy) is 1. The molecular formula is C16H11ClN2O3S. The Bertz CT molecular complexity index is 849. The monoisotopic (exact) mass is 346 g/mol. The zero-order chi connectivity index (χ0) is 17.0. The standard InChI is InChI=1S/C16H11ClN2O3S/c1-21-16(20)12-7-9(2-4-13(12)17)14-5-3-11(22-14)6-10(8-18)15(19)23/h2-7H,1H3,(H2,19,23). The third-order valence-corrected chi connectivity index (χ3v) is 3.50. The molecule has 0 radical (unpaired) electrons. The molecule has 0 atom stereocenters. The van der Waals surface area contributed by atoms with Gasteiger partial charge in [-0.25, -0.2) is 4.79 Å². The number of carbonyl (C=O) groups is 1. The number of nitrogens with zero attached hydrogens (tertiary/aromatic N) is 1. The summed E-state index contributed by atoms with van der Waals surface area (Å²) in [6, 6.07) is 10.1. The molecule has 0 aliphatic carbocycles. The lowest BCUT2D eigenvalue weighted by atomic mass is 10.1. The molecule has 23 heavy (non-hydrogen) atoms. The van der Waals surface area contributed by atoms with Crippen LogP contribution in [0.2, 0.25) is 5.02 Å². The molecule has 0 amide bonds. The van der Waals surface area contributed by atoms with E-state index < -0.39 is 5.97 Å². The molecule has 1 heterocycles. The number of carbonyl (C=O) groups excluding carboxylic acids is 1. The van der Waals surface area contributed by atoms with Crippen molar-refractivity contribution in [2.75, 3.05) is 7.11 Å². The molecule has 7 heteroatoms. The Labute approximate surface area is 142 Å². The van der Waals surface area contributed by atoms with Gasteiger partial charge in [0.25, 0.3) is 0 Å². The molecule has 0 fully saturated rings. The van der Waals surface area contributed by atoms with E-state index in [2.05, 4.69) is 4.74 Å². The lowest BCUT2D eigenvalue weighted by molar-refractivity contribution is 0.0601. The van der Waals surface area contributed by atoms with E-state index in [0.29, 0.717) is 17.1 Å². The van der Waals surface area contributed by atoms with Crippen LogP contribution in [0, 0.1) is 11.3 Å². The van der Waals surface area contributed by atoms with Crippen molar-refractivity contribution in [3.63, 3.8) is 0 Å². The molecule has 2 rings (SSSR count). The number of nitriles is 1. The quantitative estimate of drug-likeness (QED) is 0.394. The van der Waals surface area contributed by atoms with Gasteiger partial charge in [-0.3, -0.25) is 0 Å². The maximum atomic E-state index is 11.7. The van der Waals surface area contributed by atoms with E-state index in [9.17, 15) is 4.79 Å². The van der Waals surface area contributed by atoms with E-state index in [-0.39, 0.29) is 21.1 Å². The topological polar surface area (TPSA) is 89.2 Å². The molecule has 2 aromatic rings. The van der Waals surface area contributed by atoms with Crippen molar-refractivity contribution in [3.05, 3.63) is 52.3 Å². The van der Waals surface area contributed by atoms with Gasteiger partial charge in [-0.05, 0) is 30.3 Å². The fourth-order valence-electron chi connectivity index (χ4n) is 1.83. The van der Waals surface area contributed by atoms with Gasteiger partial charge in [0, 0.05) is 11.6 Å². The normalized spacial score (nSPS) is 10.9. The number of hydrogen-bond acceptors (Lipinski definition) is 5. The molecule has 0 unspecified atom stereocenters. The number of hydrogen-bond donors (Lipinski definition) is 1. The summed E-state index contributed by atoms with van der Waals surface area (Å²) in [5, 5.41) is 9.23. The second-order valence-corrected chi connectivity index (χ2v) is 5.27. The van der Waals surface area contributed by atoms with Crippen molar-refractivity contribution in [1.82, 2.24) is 0 Å². The summed E-state index contributed by atoms with van der Waals surface area (Å²) in [5.41, 5.74) is 6.46. The van der Waals surface area contributed by atoms with E-state index in [0.717, 1.165) is 0 Å². The van der Waals surface area contributed by atoms with Crippen LogP contribution in [0.15, 0.2) is 40.3 Å². The van der Waals surface area contributed by atoms with Gasteiger partial charge in [-0.1, -0.05) is 23.8 Å². The van der Waals surface area contributed by atoms with Crippen LogP contribution >= 0.6 is 23.8 Å². The van der Waals surface area contributed by atoms with Crippen molar-refractivity contribution in [3.8, 4) is 17.4 Å². The predicted octanol–water partition coefficient (Wildman–Crippen LogP) is 3.58. The summed E-state index contributed by atoms with van der Waals surface area (Å²) in [4.78, 5) is 11.7. The Balaban J connectivity index is 2.40. The first kappa shape index (κ1) is 16.7. The minimum Gasteiger partial charge on any atom is -0.465 e. The highest BCUT2D eigenvalue weighted by Gasteiger charge is 2.14. The number of furan rings is 1. The average Bonchev–Trinajstić information content (AvgIpc) is 3.00. The smallest absolute Gasteiger partial charge is 0.339 e. The minimum absolute atomic E-state index is 0.00933. The van der Waals surface area contributed by atoms with Crippen LogP contribution in [0.5, 0.6) is 0 Å². The van der Waals surface area contributed by atoms with Crippen molar-refractivity contribution < 1.29 is 13.9 Å². The second-order valence-electron chi connectivity index (χ2n) is 4.42. The molecule has 0 bridgehead atoms. The molecule has 2 N–H and O–H groups in total. The summed E-state index contributed by atoms with van der Waals surface area (Å²) >= 11 is 10.7. The summed E-state index contributed by atoms with van der Waals surface area (Å²) in [6.07, 6.45) is 1.45. The van der Waals surface area contributed by atoms with E-state index in [1.165, 1.54) is 13.2 Å². The predicted molar refractivity (Wildman–Crippen MR) is 90.9 cm³/mol. The first-order valence-corrected chi connectivity index (χ1v) is 7.14.